The number of nitrogens with one attached hydrogen (secondary N) is 3. The quantitative estimate of drug-likeness (QED) is 0.738. The summed E-state index contributed by atoms with van der Waals surface area (Å²) in [5.74, 6) is 0.639. The van der Waals surface area contributed by atoms with Crippen molar-refractivity contribution in [3.05, 3.63) is 35.4 Å². The summed E-state index contributed by atoms with van der Waals surface area (Å²) in [5.41, 5.74) is 4.70. The average molecular weight is 367 g/mol. The number of rotatable bonds is 5. The van der Waals surface area contributed by atoms with Crippen molar-refractivity contribution < 1.29 is 4.79 Å². The summed E-state index contributed by atoms with van der Waals surface area (Å²) in [7, 11) is 0. The van der Waals surface area contributed by atoms with Gasteiger partial charge in [0.15, 0.2) is 0 Å². The first-order chi connectivity index (χ1) is 13.2. The van der Waals surface area contributed by atoms with Gasteiger partial charge in [0.1, 0.15) is 5.54 Å². The largest absolute Gasteiger partial charge is 0.306 e. The van der Waals surface area contributed by atoms with Crippen LogP contribution in [0.1, 0.15) is 49.7 Å². The summed E-state index contributed by atoms with van der Waals surface area (Å²) in [6.45, 7) is 3.23. The molecular weight excluding hydrogens is 338 g/mol. The molecule has 1 aromatic rings. The number of carbonyl (C=O) groups is 1. The number of hydrazine groups is 1. The average Bonchev–Trinajstić information content (AvgIpc) is 2.93. The molecule has 2 atom stereocenters. The number of hydrogen-bond acceptors (Lipinski definition) is 5. The molecule has 0 radical (unpaired) electrons. The molecule has 1 aromatic carbocycles. The Morgan fingerprint density at radius 1 is 1.22 bits per heavy atom. The minimum absolute atomic E-state index is 0.149. The van der Waals surface area contributed by atoms with Crippen molar-refractivity contribution in [3.63, 3.8) is 0 Å². The first-order valence-corrected chi connectivity index (χ1v) is 10.3. The predicted molar refractivity (Wildman–Crippen MR) is 103 cm³/mol. The lowest BCUT2D eigenvalue weighted by molar-refractivity contribution is -0.153. The maximum atomic E-state index is 13.5. The van der Waals surface area contributed by atoms with Crippen LogP contribution in [0.5, 0.6) is 0 Å². The summed E-state index contributed by atoms with van der Waals surface area (Å²) < 4.78 is 0. The first-order valence-electron chi connectivity index (χ1n) is 10.3. The smallest absolute Gasteiger partial charge is 0.258 e. The zero-order chi connectivity index (χ0) is 18.7. The van der Waals surface area contributed by atoms with Crippen molar-refractivity contribution in [1.82, 2.24) is 21.1 Å². The molecule has 2 aliphatic heterocycles. The maximum Gasteiger partial charge on any atom is 0.258 e. The van der Waals surface area contributed by atoms with Crippen LogP contribution in [0.25, 0.3) is 0 Å². The van der Waals surface area contributed by atoms with Crippen LogP contribution in [-0.2, 0) is 11.3 Å². The number of amides is 1. The fraction of sp³-hybridized carbons (Fsp3) is 0.619. The lowest BCUT2D eigenvalue weighted by Crippen LogP contribution is -2.83. The van der Waals surface area contributed by atoms with Crippen molar-refractivity contribution in [3.8, 4) is 6.07 Å². The van der Waals surface area contributed by atoms with E-state index in [-0.39, 0.29) is 11.9 Å². The van der Waals surface area contributed by atoms with Crippen LogP contribution >= 0.6 is 0 Å². The molecule has 1 amide bonds. The third-order valence-electron chi connectivity index (χ3n) is 6.49. The summed E-state index contributed by atoms with van der Waals surface area (Å²) in [4.78, 5) is 13.5. The van der Waals surface area contributed by atoms with Gasteiger partial charge in [0.05, 0.1) is 11.6 Å². The molecule has 27 heavy (non-hydrogen) atoms. The minimum atomic E-state index is -0.470. The van der Waals surface area contributed by atoms with Crippen LogP contribution in [-0.4, -0.2) is 42.1 Å². The molecule has 6 heteroatoms. The number of nitriles is 1. The normalized spacial score (nSPS) is 28.6. The molecule has 2 unspecified atom stereocenters. The highest BCUT2D eigenvalue weighted by Gasteiger charge is 2.59. The van der Waals surface area contributed by atoms with E-state index in [0.717, 1.165) is 50.9 Å². The molecule has 3 fully saturated rings. The van der Waals surface area contributed by atoms with E-state index in [1.807, 2.05) is 29.3 Å². The Balaban J connectivity index is 1.46. The molecule has 0 aromatic heterocycles. The Morgan fingerprint density at radius 3 is 2.67 bits per heavy atom. The van der Waals surface area contributed by atoms with Gasteiger partial charge in [-0.15, -0.1) is 0 Å². The van der Waals surface area contributed by atoms with Gasteiger partial charge in [-0.1, -0.05) is 25.0 Å². The van der Waals surface area contributed by atoms with E-state index in [4.69, 9.17) is 5.26 Å². The summed E-state index contributed by atoms with van der Waals surface area (Å²) in [6, 6.07) is 9.97. The van der Waals surface area contributed by atoms with Gasteiger partial charge < -0.3 is 10.6 Å². The molecule has 6 nitrogen and oxygen atoms in total. The Kier molecular flexibility index (Phi) is 5.44. The summed E-state index contributed by atoms with van der Waals surface area (Å²) in [5, 5.41) is 18.0. The van der Waals surface area contributed by atoms with Crippen LogP contribution in [0.3, 0.4) is 0 Å². The van der Waals surface area contributed by atoms with Crippen LogP contribution < -0.4 is 16.1 Å². The first kappa shape index (κ1) is 18.4. The summed E-state index contributed by atoms with van der Waals surface area (Å²) >= 11 is 0. The van der Waals surface area contributed by atoms with Gasteiger partial charge in [-0.05, 0) is 49.3 Å². The molecule has 3 N–H and O–H groups in total. The van der Waals surface area contributed by atoms with Gasteiger partial charge in [-0.2, -0.15) is 5.26 Å². The van der Waals surface area contributed by atoms with E-state index in [2.05, 4.69) is 22.1 Å². The van der Waals surface area contributed by atoms with E-state index < -0.39 is 5.54 Å². The molecule has 1 aliphatic carbocycles. The Bertz CT molecular complexity index is 700. The zero-order valence-corrected chi connectivity index (χ0v) is 15.8. The van der Waals surface area contributed by atoms with Crippen LogP contribution in [0.15, 0.2) is 24.3 Å². The standard InChI is InChI=1S/C21H29N5O/c22-13-16-7-9-17(10-8-16)14-23-19-15-24-21(19,18-5-4-6-18)20(27)26-12-3-1-2-11-25-26/h7-10,18-19,23-25H,1-6,11-12,14-15H2. The zero-order valence-electron chi connectivity index (χ0n) is 15.8. The van der Waals surface area contributed by atoms with E-state index in [9.17, 15) is 4.79 Å². The van der Waals surface area contributed by atoms with Crippen LogP contribution in [0.4, 0.5) is 0 Å². The van der Waals surface area contributed by atoms with Crippen molar-refractivity contribution in [1.29, 1.82) is 5.26 Å². The molecule has 3 aliphatic rings. The number of nitrogens with zero attached hydrogens (tertiary/aromatic N) is 2. The van der Waals surface area contributed by atoms with Gasteiger partial charge in [0.25, 0.3) is 5.91 Å². The lowest BCUT2D eigenvalue weighted by Gasteiger charge is -2.57. The maximum absolute atomic E-state index is 13.5. The van der Waals surface area contributed by atoms with E-state index in [1.54, 1.807) is 0 Å². The van der Waals surface area contributed by atoms with Gasteiger partial charge in [0, 0.05) is 32.2 Å². The third-order valence-corrected chi connectivity index (χ3v) is 6.49. The van der Waals surface area contributed by atoms with Gasteiger partial charge in [-0.3, -0.25) is 9.80 Å². The Hall–Kier alpha value is -1.94. The highest BCUT2D eigenvalue weighted by molar-refractivity contribution is 5.89. The van der Waals surface area contributed by atoms with Gasteiger partial charge in [-0.25, -0.2) is 5.43 Å². The van der Waals surface area contributed by atoms with Gasteiger partial charge >= 0.3 is 0 Å². The van der Waals surface area contributed by atoms with E-state index in [1.165, 1.54) is 12.8 Å². The second-order valence-corrected chi connectivity index (χ2v) is 8.05. The third kappa shape index (κ3) is 3.47. The van der Waals surface area contributed by atoms with Crippen LogP contribution in [0.2, 0.25) is 0 Å². The lowest BCUT2D eigenvalue weighted by atomic mass is 9.62. The Morgan fingerprint density at radius 2 is 2.04 bits per heavy atom. The number of carbonyl (C=O) groups excluding carboxylic acids is 1. The number of benzene rings is 1. The van der Waals surface area contributed by atoms with E-state index >= 15 is 0 Å². The Labute approximate surface area is 161 Å². The monoisotopic (exact) mass is 367 g/mol. The highest BCUT2D eigenvalue weighted by atomic mass is 16.2. The SMILES string of the molecule is N#Cc1ccc(CNC2CNC2(C(=O)N2CCCCCN2)C2CCC2)cc1. The predicted octanol–water partition coefficient (Wildman–Crippen LogP) is 1.68. The molecule has 144 valence electrons. The minimum Gasteiger partial charge on any atom is -0.306 e. The van der Waals surface area contributed by atoms with E-state index in [0.29, 0.717) is 18.0 Å². The molecule has 2 heterocycles. The topological polar surface area (TPSA) is 80.2 Å². The second-order valence-electron chi connectivity index (χ2n) is 8.05. The highest BCUT2D eigenvalue weighted by Crippen LogP contribution is 2.42. The van der Waals surface area contributed by atoms with Crippen molar-refractivity contribution in [2.24, 2.45) is 5.92 Å². The van der Waals surface area contributed by atoms with Crippen molar-refractivity contribution in [2.45, 2.75) is 56.7 Å². The molecule has 0 bridgehead atoms. The van der Waals surface area contributed by atoms with Gasteiger partial charge in [0.2, 0.25) is 0 Å². The van der Waals surface area contributed by atoms with Crippen molar-refractivity contribution >= 4 is 5.91 Å². The molecule has 0 spiro atoms. The molecular formula is C21H29N5O. The molecule has 2 saturated heterocycles. The van der Waals surface area contributed by atoms with Crippen LogP contribution in [0, 0.1) is 17.2 Å². The molecule has 1 saturated carbocycles. The number of hydrogen-bond donors (Lipinski definition) is 3. The fourth-order valence-electron chi connectivity index (χ4n) is 4.55. The summed E-state index contributed by atoms with van der Waals surface area (Å²) in [6.07, 6.45) is 6.86. The van der Waals surface area contributed by atoms with Crippen molar-refractivity contribution in [2.75, 3.05) is 19.6 Å². The fourth-order valence-corrected chi connectivity index (χ4v) is 4.55. The second kappa shape index (κ2) is 7.97. The molecule has 4 rings (SSSR count).